The van der Waals surface area contributed by atoms with Gasteiger partial charge >= 0.3 is 0 Å². The molecule has 1 N–H and O–H groups in total. The second-order valence-corrected chi connectivity index (χ2v) is 6.50. The summed E-state index contributed by atoms with van der Waals surface area (Å²) in [5, 5.41) is 11.5. The number of amides is 1. The lowest BCUT2D eigenvalue weighted by Gasteiger charge is -2.02. The second kappa shape index (κ2) is 7.04. The number of hydrogen-bond donors (Lipinski definition) is 1. The Morgan fingerprint density at radius 2 is 2.05 bits per heavy atom. The molecule has 5 heteroatoms. The Morgan fingerprint density at radius 3 is 2.65 bits per heavy atom. The monoisotopic (exact) mass is 346 g/mol. The number of carbonyl (C=O) groups is 1. The Kier molecular flexibility index (Phi) is 5.10. The van der Waals surface area contributed by atoms with Crippen LogP contribution in [0.4, 0.5) is 0 Å². The van der Waals surface area contributed by atoms with Crippen LogP contribution in [0.1, 0.15) is 16.0 Å². The zero-order chi connectivity index (χ0) is 14.4. The molecule has 0 fully saturated rings. The lowest BCUT2D eigenvalue weighted by molar-refractivity contribution is -0.116. The molecule has 20 heavy (non-hydrogen) atoms. The topological polar surface area (TPSA) is 52.9 Å². The molecule has 0 aliphatic rings. The molecule has 0 spiro atoms. The Balaban J connectivity index is 1.85. The molecule has 0 atom stereocenters. The first-order valence-corrected chi connectivity index (χ1v) is 7.48. The van der Waals surface area contributed by atoms with Crippen LogP contribution in [0.3, 0.4) is 0 Å². The van der Waals surface area contributed by atoms with E-state index in [1.807, 2.05) is 24.3 Å². The van der Waals surface area contributed by atoms with E-state index < -0.39 is 0 Å². The Labute approximate surface area is 129 Å². The Hall–Kier alpha value is -1.90. The third-order valence-corrected chi connectivity index (χ3v) is 4.13. The van der Waals surface area contributed by atoms with E-state index in [0.717, 1.165) is 14.2 Å². The van der Waals surface area contributed by atoms with Gasteiger partial charge in [0.15, 0.2) is 0 Å². The van der Waals surface area contributed by atoms with E-state index in [4.69, 9.17) is 5.26 Å². The summed E-state index contributed by atoms with van der Waals surface area (Å²) in [4.78, 5) is 12.7. The predicted molar refractivity (Wildman–Crippen MR) is 84.1 cm³/mol. The minimum absolute atomic E-state index is 0.140. The normalized spacial score (nSPS) is 10.4. The van der Waals surface area contributed by atoms with Gasteiger partial charge in [0.2, 0.25) is 5.91 Å². The molecule has 0 unspecified atom stereocenters. The number of rotatable bonds is 4. The Morgan fingerprint density at radius 1 is 1.30 bits per heavy atom. The van der Waals surface area contributed by atoms with Crippen LogP contribution in [0.15, 0.2) is 46.3 Å². The van der Waals surface area contributed by atoms with Gasteiger partial charge in [0.1, 0.15) is 0 Å². The third kappa shape index (κ3) is 4.34. The van der Waals surface area contributed by atoms with Crippen LogP contribution in [-0.2, 0) is 11.3 Å². The van der Waals surface area contributed by atoms with Crippen molar-refractivity contribution >= 4 is 39.2 Å². The molecule has 1 amide bonds. The molecular weight excluding hydrogens is 336 g/mol. The van der Waals surface area contributed by atoms with Crippen LogP contribution in [0.2, 0.25) is 0 Å². The van der Waals surface area contributed by atoms with Gasteiger partial charge in [0.25, 0.3) is 0 Å². The van der Waals surface area contributed by atoms with Crippen molar-refractivity contribution in [1.82, 2.24) is 5.32 Å². The summed E-state index contributed by atoms with van der Waals surface area (Å²) in [5.74, 6) is -0.140. The highest BCUT2D eigenvalue weighted by Crippen LogP contribution is 2.22. The smallest absolute Gasteiger partial charge is 0.244 e. The van der Waals surface area contributed by atoms with Crippen LogP contribution in [0.5, 0.6) is 0 Å². The number of hydrogen-bond acceptors (Lipinski definition) is 3. The van der Waals surface area contributed by atoms with E-state index in [2.05, 4.69) is 27.3 Å². The van der Waals surface area contributed by atoms with Crippen molar-refractivity contribution in [3.63, 3.8) is 0 Å². The first-order chi connectivity index (χ1) is 9.67. The zero-order valence-electron chi connectivity index (χ0n) is 10.5. The fourth-order valence-electron chi connectivity index (χ4n) is 1.52. The van der Waals surface area contributed by atoms with E-state index in [0.29, 0.717) is 12.1 Å². The maximum Gasteiger partial charge on any atom is 0.244 e. The molecule has 0 saturated heterocycles. The summed E-state index contributed by atoms with van der Waals surface area (Å²) in [7, 11) is 0. The standard InChI is InChI=1S/C15H11BrN2OS/c16-14-7-5-13(20-14)6-8-15(19)18-10-12-3-1-11(9-17)2-4-12/h1-8H,10H2,(H,18,19)/b8-6+. The maximum atomic E-state index is 11.7. The molecular formula is C15H11BrN2OS. The fraction of sp³-hybridized carbons (Fsp3) is 0.0667. The first-order valence-electron chi connectivity index (χ1n) is 5.87. The molecule has 2 aromatic rings. The maximum absolute atomic E-state index is 11.7. The van der Waals surface area contributed by atoms with Crippen molar-refractivity contribution in [3.8, 4) is 6.07 Å². The number of carbonyl (C=O) groups excluding carboxylic acids is 1. The van der Waals surface area contributed by atoms with Gasteiger partial charge in [-0.25, -0.2) is 0 Å². The molecule has 0 saturated carbocycles. The minimum atomic E-state index is -0.140. The van der Waals surface area contributed by atoms with E-state index in [1.54, 1.807) is 29.5 Å². The lowest BCUT2D eigenvalue weighted by atomic mass is 10.1. The van der Waals surface area contributed by atoms with Gasteiger partial charge in [0, 0.05) is 17.5 Å². The quantitative estimate of drug-likeness (QED) is 0.858. The summed E-state index contributed by atoms with van der Waals surface area (Å²) in [6, 6.07) is 13.1. The summed E-state index contributed by atoms with van der Waals surface area (Å²) in [6.07, 6.45) is 3.30. The van der Waals surface area contributed by atoms with Gasteiger partial charge in [-0.05, 0) is 51.8 Å². The molecule has 0 radical (unpaired) electrons. The van der Waals surface area contributed by atoms with Crippen molar-refractivity contribution < 1.29 is 4.79 Å². The molecule has 1 heterocycles. The molecule has 0 bridgehead atoms. The van der Waals surface area contributed by atoms with Crippen molar-refractivity contribution in [2.24, 2.45) is 0 Å². The van der Waals surface area contributed by atoms with Crippen molar-refractivity contribution in [2.75, 3.05) is 0 Å². The molecule has 2 rings (SSSR count). The molecule has 1 aromatic carbocycles. The van der Waals surface area contributed by atoms with Gasteiger partial charge in [0.05, 0.1) is 15.4 Å². The van der Waals surface area contributed by atoms with Crippen LogP contribution in [0, 0.1) is 11.3 Å². The average Bonchev–Trinajstić information content (AvgIpc) is 2.89. The predicted octanol–water partition coefficient (Wildman–Crippen LogP) is 3.71. The second-order valence-electron chi connectivity index (χ2n) is 4.00. The highest BCUT2D eigenvalue weighted by Gasteiger charge is 1.98. The van der Waals surface area contributed by atoms with E-state index >= 15 is 0 Å². The summed E-state index contributed by atoms with van der Waals surface area (Å²) in [6.45, 7) is 0.447. The number of nitriles is 1. The minimum Gasteiger partial charge on any atom is -0.348 e. The van der Waals surface area contributed by atoms with Crippen LogP contribution in [-0.4, -0.2) is 5.91 Å². The third-order valence-electron chi connectivity index (χ3n) is 2.54. The number of halogens is 1. The SMILES string of the molecule is N#Cc1ccc(CNC(=O)/C=C/c2ccc(Br)s2)cc1. The highest BCUT2D eigenvalue weighted by atomic mass is 79.9. The van der Waals surface area contributed by atoms with Crippen LogP contribution in [0.25, 0.3) is 6.08 Å². The molecule has 0 aliphatic heterocycles. The Bertz CT molecular complexity index is 668. The van der Waals surface area contributed by atoms with Gasteiger partial charge in [-0.15, -0.1) is 11.3 Å². The van der Waals surface area contributed by atoms with E-state index in [9.17, 15) is 4.79 Å². The lowest BCUT2D eigenvalue weighted by Crippen LogP contribution is -2.20. The van der Waals surface area contributed by atoms with E-state index in [1.165, 1.54) is 6.08 Å². The van der Waals surface area contributed by atoms with Crippen molar-refractivity contribution in [1.29, 1.82) is 5.26 Å². The van der Waals surface area contributed by atoms with Crippen molar-refractivity contribution in [2.45, 2.75) is 6.54 Å². The number of nitrogens with one attached hydrogen (secondary N) is 1. The first kappa shape index (κ1) is 14.5. The molecule has 100 valence electrons. The highest BCUT2D eigenvalue weighted by molar-refractivity contribution is 9.11. The molecule has 1 aromatic heterocycles. The zero-order valence-corrected chi connectivity index (χ0v) is 12.9. The van der Waals surface area contributed by atoms with Gasteiger partial charge in [-0.1, -0.05) is 12.1 Å². The van der Waals surface area contributed by atoms with Crippen LogP contribution >= 0.6 is 27.3 Å². The largest absolute Gasteiger partial charge is 0.348 e. The van der Waals surface area contributed by atoms with Gasteiger partial charge < -0.3 is 5.32 Å². The van der Waals surface area contributed by atoms with Crippen molar-refractivity contribution in [3.05, 3.63) is 62.3 Å². The molecule has 0 aliphatic carbocycles. The average molecular weight is 347 g/mol. The summed E-state index contributed by atoms with van der Waals surface area (Å²) >= 11 is 4.94. The summed E-state index contributed by atoms with van der Waals surface area (Å²) < 4.78 is 1.04. The number of thiophene rings is 1. The summed E-state index contributed by atoms with van der Waals surface area (Å²) in [5.41, 5.74) is 1.58. The van der Waals surface area contributed by atoms with Gasteiger partial charge in [-0.2, -0.15) is 5.26 Å². The molecule has 3 nitrogen and oxygen atoms in total. The van der Waals surface area contributed by atoms with E-state index in [-0.39, 0.29) is 5.91 Å². The number of benzene rings is 1. The van der Waals surface area contributed by atoms with Crippen LogP contribution < -0.4 is 5.32 Å². The fourth-order valence-corrected chi connectivity index (χ4v) is 2.85. The number of nitrogens with zero attached hydrogens (tertiary/aromatic N) is 1. The van der Waals surface area contributed by atoms with Gasteiger partial charge in [-0.3, -0.25) is 4.79 Å².